The van der Waals surface area contributed by atoms with Crippen molar-refractivity contribution < 1.29 is 0 Å². The number of aromatic nitrogens is 2. The maximum Gasteiger partial charge on any atom is 0.0497 e. The summed E-state index contributed by atoms with van der Waals surface area (Å²) >= 11 is 0. The van der Waals surface area contributed by atoms with E-state index >= 15 is 0 Å². The molecule has 0 unspecified atom stereocenters. The summed E-state index contributed by atoms with van der Waals surface area (Å²) in [5, 5.41) is 2.48. The Morgan fingerprint density at radius 2 is 0.569 bits per heavy atom. The molecule has 0 atom stereocenters. The summed E-state index contributed by atoms with van der Waals surface area (Å²) in [7, 11) is 0. The molecule has 0 spiro atoms. The molecule has 0 aliphatic carbocycles. The van der Waals surface area contributed by atoms with Crippen LogP contribution < -0.4 is 9.80 Å². The van der Waals surface area contributed by atoms with Gasteiger partial charge in [-0.25, -0.2) is 0 Å². The highest BCUT2D eigenvalue weighted by molar-refractivity contribution is 6.01. The smallest absolute Gasteiger partial charge is 0.0497 e. The highest BCUT2D eigenvalue weighted by Crippen LogP contribution is 2.42. The number of nitrogens with zero attached hydrogens (tertiary/aromatic N) is 4. The molecule has 0 amide bonds. The lowest BCUT2D eigenvalue weighted by atomic mass is 10.1. The standard InChI is InChI=1S/C54H50N4/c1-53(2,3)57-49(39-27-31-47(32-28-39)55(43-19-11-7-12-20-43)44-21-13-8-14-22-44)35-41-38-52-42(37-51(41)57)36-50(58(52)54(4,5)6)40-29-33-48(34-30-40)56(45-23-15-9-16-24-45)46-25-17-10-18-26-46/h7-38H,1-6H3. The number of rotatable bonds is 8. The molecule has 0 saturated heterocycles. The molecule has 0 radical (unpaired) electrons. The summed E-state index contributed by atoms with van der Waals surface area (Å²) in [4.78, 5) is 4.63. The number of hydrogen-bond donors (Lipinski definition) is 0. The van der Waals surface area contributed by atoms with Gasteiger partial charge < -0.3 is 18.9 Å². The quantitative estimate of drug-likeness (QED) is 0.154. The van der Waals surface area contributed by atoms with Gasteiger partial charge in [-0.05, 0) is 150 Å². The SMILES string of the molecule is CC(C)(C)n1c(-c2ccc(N(c3ccccc3)c3ccccc3)cc2)cc2cc3c(cc(-c4ccc(N(c5ccccc5)c5ccccc5)cc4)n3C(C)(C)C)cc21. The zero-order valence-corrected chi connectivity index (χ0v) is 34.3. The molecule has 58 heavy (non-hydrogen) atoms. The molecule has 2 aromatic heterocycles. The van der Waals surface area contributed by atoms with Crippen LogP contribution in [0, 0.1) is 0 Å². The second kappa shape index (κ2) is 14.6. The third-order valence-electron chi connectivity index (χ3n) is 11.0. The van der Waals surface area contributed by atoms with Gasteiger partial charge in [0.2, 0.25) is 0 Å². The van der Waals surface area contributed by atoms with Crippen molar-refractivity contribution in [2.75, 3.05) is 9.80 Å². The Hall–Kier alpha value is -6.78. The van der Waals surface area contributed by atoms with Gasteiger partial charge in [-0.3, -0.25) is 0 Å². The van der Waals surface area contributed by atoms with Crippen LogP contribution in [0.4, 0.5) is 34.1 Å². The molecule has 7 aromatic carbocycles. The lowest BCUT2D eigenvalue weighted by molar-refractivity contribution is 0.414. The van der Waals surface area contributed by atoms with Crippen molar-refractivity contribution >= 4 is 55.9 Å². The van der Waals surface area contributed by atoms with Crippen molar-refractivity contribution in [1.82, 2.24) is 9.13 Å². The zero-order chi connectivity index (χ0) is 40.0. The Morgan fingerprint density at radius 1 is 0.310 bits per heavy atom. The highest BCUT2D eigenvalue weighted by Gasteiger charge is 2.26. The van der Waals surface area contributed by atoms with E-state index in [9.17, 15) is 0 Å². The van der Waals surface area contributed by atoms with E-state index in [1.54, 1.807) is 0 Å². The molecule has 9 rings (SSSR count). The lowest BCUT2D eigenvalue weighted by Gasteiger charge is -2.28. The molecule has 0 aliphatic rings. The lowest BCUT2D eigenvalue weighted by Crippen LogP contribution is -2.23. The molecule has 4 nitrogen and oxygen atoms in total. The molecule has 0 saturated carbocycles. The minimum atomic E-state index is -0.155. The maximum absolute atomic E-state index is 2.52. The molecular weight excluding hydrogens is 705 g/mol. The van der Waals surface area contributed by atoms with Crippen molar-refractivity contribution in [3.8, 4) is 22.5 Å². The van der Waals surface area contributed by atoms with Crippen LogP contribution in [-0.2, 0) is 11.1 Å². The fourth-order valence-corrected chi connectivity index (χ4v) is 8.55. The van der Waals surface area contributed by atoms with E-state index in [2.05, 4.69) is 255 Å². The first-order valence-corrected chi connectivity index (χ1v) is 20.3. The average Bonchev–Trinajstić information content (AvgIpc) is 3.81. The van der Waals surface area contributed by atoms with E-state index < -0.39 is 0 Å². The average molecular weight is 755 g/mol. The van der Waals surface area contributed by atoms with E-state index in [0.717, 1.165) is 34.1 Å². The van der Waals surface area contributed by atoms with Gasteiger partial charge in [0.25, 0.3) is 0 Å². The molecule has 2 heterocycles. The fraction of sp³-hybridized carbons (Fsp3) is 0.148. The van der Waals surface area contributed by atoms with Crippen molar-refractivity contribution in [2.24, 2.45) is 0 Å². The second-order valence-electron chi connectivity index (χ2n) is 17.1. The third kappa shape index (κ3) is 6.85. The van der Waals surface area contributed by atoms with Gasteiger partial charge in [0.15, 0.2) is 0 Å². The number of anilines is 6. The number of fused-ring (bicyclic) bond motifs is 2. The van der Waals surface area contributed by atoms with E-state index in [4.69, 9.17) is 0 Å². The normalized spacial score (nSPS) is 12.0. The predicted octanol–water partition coefficient (Wildman–Crippen LogP) is 15.4. The Balaban J connectivity index is 1.13. The molecule has 9 aromatic rings. The molecule has 0 aliphatic heterocycles. The van der Waals surface area contributed by atoms with Crippen LogP contribution in [0.5, 0.6) is 0 Å². The first-order valence-electron chi connectivity index (χ1n) is 20.3. The first kappa shape index (κ1) is 36.8. The summed E-state index contributed by atoms with van der Waals surface area (Å²) in [5.41, 5.74) is 13.8. The Bertz CT molecular complexity index is 2530. The monoisotopic (exact) mass is 754 g/mol. The molecule has 4 heteroatoms. The summed E-state index contributed by atoms with van der Waals surface area (Å²) in [5.74, 6) is 0. The first-order chi connectivity index (χ1) is 28.0. The molecular formula is C54H50N4. The van der Waals surface area contributed by atoms with Crippen LogP contribution in [-0.4, -0.2) is 9.13 Å². The number of hydrogen-bond acceptors (Lipinski definition) is 2. The Kier molecular flexibility index (Phi) is 9.29. The summed E-state index contributed by atoms with van der Waals surface area (Å²) in [6, 6.07) is 70.1. The van der Waals surface area contributed by atoms with E-state index in [1.165, 1.54) is 44.3 Å². The van der Waals surface area contributed by atoms with Crippen molar-refractivity contribution in [3.05, 3.63) is 194 Å². The van der Waals surface area contributed by atoms with Gasteiger partial charge in [-0.2, -0.15) is 0 Å². The Morgan fingerprint density at radius 3 is 0.828 bits per heavy atom. The van der Waals surface area contributed by atoms with E-state index in [-0.39, 0.29) is 11.1 Å². The van der Waals surface area contributed by atoms with Gasteiger partial charge in [0.1, 0.15) is 0 Å². The summed E-state index contributed by atoms with van der Waals surface area (Å²) < 4.78 is 5.04. The largest absolute Gasteiger partial charge is 0.335 e. The van der Waals surface area contributed by atoms with Crippen LogP contribution >= 0.6 is 0 Å². The predicted molar refractivity (Wildman–Crippen MR) is 248 cm³/mol. The molecule has 0 fully saturated rings. The molecule has 286 valence electrons. The minimum absolute atomic E-state index is 0.155. The van der Waals surface area contributed by atoms with Gasteiger partial charge in [-0.1, -0.05) is 97.1 Å². The van der Waals surface area contributed by atoms with Crippen LogP contribution in [0.1, 0.15) is 41.5 Å². The van der Waals surface area contributed by atoms with E-state index in [1.807, 2.05) is 0 Å². The van der Waals surface area contributed by atoms with Gasteiger partial charge in [0.05, 0.1) is 0 Å². The number of para-hydroxylation sites is 4. The van der Waals surface area contributed by atoms with Crippen LogP contribution in [0.15, 0.2) is 194 Å². The Labute approximate surface area is 342 Å². The van der Waals surface area contributed by atoms with Gasteiger partial charge in [0, 0.05) is 78.4 Å². The number of benzene rings is 7. The van der Waals surface area contributed by atoms with Gasteiger partial charge in [-0.15, -0.1) is 0 Å². The maximum atomic E-state index is 2.52. The summed E-state index contributed by atoms with van der Waals surface area (Å²) in [6.07, 6.45) is 0. The highest BCUT2D eigenvalue weighted by atomic mass is 15.1. The molecule has 0 N–H and O–H groups in total. The minimum Gasteiger partial charge on any atom is -0.335 e. The van der Waals surface area contributed by atoms with Crippen molar-refractivity contribution in [3.63, 3.8) is 0 Å². The zero-order valence-electron chi connectivity index (χ0n) is 34.3. The van der Waals surface area contributed by atoms with E-state index in [0.29, 0.717) is 0 Å². The van der Waals surface area contributed by atoms with Crippen molar-refractivity contribution in [2.45, 2.75) is 52.6 Å². The third-order valence-corrected chi connectivity index (χ3v) is 11.0. The van der Waals surface area contributed by atoms with Crippen molar-refractivity contribution in [1.29, 1.82) is 0 Å². The second-order valence-corrected chi connectivity index (χ2v) is 17.1. The topological polar surface area (TPSA) is 16.3 Å². The fourth-order valence-electron chi connectivity index (χ4n) is 8.55. The molecule has 0 bridgehead atoms. The van der Waals surface area contributed by atoms with Crippen LogP contribution in [0.25, 0.3) is 44.3 Å². The summed E-state index contributed by atoms with van der Waals surface area (Å²) in [6.45, 7) is 13.8. The van der Waals surface area contributed by atoms with Crippen LogP contribution in [0.2, 0.25) is 0 Å². The van der Waals surface area contributed by atoms with Gasteiger partial charge >= 0.3 is 0 Å². The van der Waals surface area contributed by atoms with Crippen LogP contribution in [0.3, 0.4) is 0 Å².